The third-order valence-electron chi connectivity index (χ3n) is 4.91. The number of methoxy groups -OCH3 is 1. The van der Waals surface area contributed by atoms with Crippen LogP contribution in [0, 0.1) is 17.0 Å². The van der Waals surface area contributed by atoms with Crippen molar-refractivity contribution in [2.24, 2.45) is 0 Å². The van der Waals surface area contributed by atoms with Crippen molar-refractivity contribution in [3.05, 3.63) is 60.9 Å². The molecule has 0 spiro atoms. The van der Waals surface area contributed by atoms with Gasteiger partial charge >= 0.3 is 11.8 Å². The summed E-state index contributed by atoms with van der Waals surface area (Å²) in [4.78, 5) is 75.4. The van der Waals surface area contributed by atoms with Crippen LogP contribution in [0.15, 0.2) is 34.0 Å². The number of ether oxygens (including phenoxy) is 2. The molecular formula is C23H30N6O9. The average Bonchev–Trinajstić information content (AvgIpc) is 2.80. The number of aromatic amines is 1. The van der Waals surface area contributed by atoms with Crippen LogP contribution >= 0.6 is 0 Å². The number of anilines is 1. The van der Waals surface area contributed by atoms with Gasteiger partial charge in [0, 0.05) is 24.8 Å². The first kappa shape index (κ1) is 29.5. The molecule has 3 N–H and O–H groups in total. The van der Waals surface area contributed by atoms with Gasteiger partial charge in [0.2, 0.25) is 11.8 Å². The van der Waals surface area contributed by atoms with Crippen LogP contribution in [0.3, 0.4) is 0 Å². The van der Waals surface area contributed by atoms with Crippen molar-refractivity contribution in [2.75, 3.05) is 32.1 Å². The number of aryl methyl sites for hydroxylation is 1. The lowest BCUT2D eigenvalue weighted by atomic mass is 10.2. The molecule has 15 nitrogen and oxygen atoms in total. The maximum absolute atomic E-state index is 13.0. The smallest absolute Gasteiger partial charge is 0.407 e. The minimum absolute atomic E-state index is 0.101. The zero-order valence-corrected chi connectivity index (χ0v) is 21.7. The van der Waals surface area contributed by atoms with Gasteiger partial charge in [-0.25, -0.2) is 9.59 Å². The first-order chi connectivity index (χ1) is 17.7. The SMILES string of the molecule is COc1ccc(NC(=O)CN(CCNC(=O)OC(C)(C)C)C(=O)Cn2cc(C)c(=O)[nH]c2=O)c([N+](=O)[O-])c1. The van der Waals surface area contributed by atoms with Crippen molar-refractivity contribution >= 4 is 29.3 Å². The van der Waals surface area contributed by atoms with Crippen molar-refractivity contribution in [1.82, 2.24) is 19.8 Å². The number of nitro groups is 1. The number of rotatable bonds is 10. The van der Waals surface area contributed by atoms with Gasteiger partial charge in [-0.1, -0.05) is 0 Å². The van der Waals surface area contributed by atoms with E-state index in [-0.39, 0.29) is 30.1 Å². The third kappa shape index (κ3) is 8.76. The van der Waals surface area contributed by atoms with Gasteiger partial charge in [0.05, 0.1) is 24.6 Å². The fourth-order valence-corrected chi connectivity index (χ4v) is 3.14. The van der Waals surface area contributed by atoms with Crippen molar-refractivity contribution in [2.45, 2.75) is 39.8 Å². The molecule has 206 valence electrons. The fraction of sp³-hybridized carbons (Fsp3) is 0.435. The predicted octanol–water partition coefficient (Wildman–Crippen LogP) is 0.754. The van der Waals surface area contributed by atoms with E-state index in [2.05, 4.69) is 15.6 Å². The van der Waals surface area contributed by atoms with E-state index >= 15 is 0 Å². The molecule has 38 heavy (non-hydrogen) atoms. The molecule has 1 heterocycles. The molecule has 0 atom stereocenters. The second-order valence-electron chi connectivity index (χ2n) is 9.13. The Morgan fingerprint density at radius 1 is 1.21 bits per heavy atom. The summed E-state index contributed by atoms with van der Waals surface area (Å²) in [6.07, 6.45) is 0.465. The summed E-state index contributed by atoms with van der Waals surface area (Å²) in [6, 6.07) is 3.84. The van der Waals surface area contributed by atoms with Crippen molar-refractivity contribution in [1.29, 1.82) is 0 Å². The number of benzene rings is 1. The van der Waals surface area contributed by atoms with Gasteiger partial charge in [-0.2, -0.15) is 0 Å². The Balaban J connectivity index is 2.21. The zero-order valence-electron chi connectivity index (χ0n) is 21.7. The summed E-state index contributed by atoms with van der Waals surface area (Å²) in [6.45, 7) is 5.15. The molecule has 0 aliphatic heterocycles. The largest absolute Gasteiger partial charge is 0.496 e. The molecule has 0 fully saturated rings. The van der Waals surface area contributed by atoms with Crippen LogP contribution in [0.2, 0.25) is 0 Å². The average molecular weight is 535 g/mol. The number of hydrogen-bond acceptors (Lipinski definition) is 9. The normalized spacial score (nSPS) is 10.9. The Hall–Kier alpha value is -4.69. The monoisotopic (exact) mass is 534 g/mol. The molecule has 0 unspecified atom stereocenters. The number of carbonyl (C=O) groups is 3. The summed E-state index contributed by atoms with van der Waals surface area (Å²) in [5.74, 6) is -1.25. The molecule has 1 aromatic heterocycles. The molecule has 0 bridgehead atoms. The summed E-state index contributed by atoms with van der Waals surface area (Å²) >= 11 is 0. The highest BCUT2D eigenvalue weighted by Gasteiger charge is 2.23. The Morgan fingerprint density at radius 2 is 1.89 bits per heavy atom. The number of hydrogen-bond donors (Lipinski definition) is 3. The minimum Gasteiger partial charge on any atom is -0.496 e. The van der Waals surface area contributed by atoms with Crippen molar-refractivity contribution in [3.63, 3.8) is 0 Å². The molecule has 0 aliphatic rings. The highest BCUT2D eigenvalue weighted by Crippen LogP contribution is 2.28. The minimum atomic E-state index is -0.820. The first-order valence-electron chi connectivity index (χ1n) is 11.4. The topological polar surface area (TPSA) is 195 Å². The highest BCUT2D eigenvalue weighted by molar-refractivity contribution is 5.96. The Morgan fingerprint density at radius 3 is 2.50 bits per heavy atom. The van der Waals surface area contributed by atoms with Crippen LogP contribution in [-0.2, 0) is 20.9 Å². The van der Waals surface area contributed by atoms with E-state index in [1.165, 1.54) is 32.4 Å². The molecule has 2 aromatic rings. The molecule has 0 saturated carbocycles. The summed E-state index contributed by atoms with van der Waals surface area (Å²) < 4.78 is 11.1. The molecular weight excluding hydrogens is 504 g/mol. The molecule has 0 saturated heterocycles. The highest BCUT2D eigenvalue weighted by atomic mass is 16.6. The van der Waals surface area contributed by atoms with Crippen LogP contribution in [-0.4, -0.2) is 69.6 Å². The van der Waals surface area contributed by atoms with Gasteiger partial charge in [-0.15, -0.1) is 0 Å². The van der Waals surface area contributed by atoms with E-state index in [9.17, 15) is 34.1 Å². The third-order valence-corrected chi connectivity index (χ3v) is 4.91. The number of carbonyl (C=O) groups excluding carboxylic acids is 3. The number of nitro benzene ring substituents is 1. The standard InChI is InChI=1S/C23H30N6O9/c1-14-11-28(21(33)26-20(14)32)13-19(31)27(9-8-24-22(34)38-23(2,3)4)12-18(30)25-16-7-6-15(37-5)10-17(16)29(35)36/h6-7,10-11H,8-9,12-13H2,1-5H3,(H,24,34)(H,25,30)(H,26,32,33). The molecule has 2 rings (SSSR count). The van der Waals surface area contributed by atoms with Crippen LogP contribution in [0.4, 0.5) is 16.2 Å². The Bertz CT molecular complexity index is 1330. The Labute approximate surface area is 216 Å². The number of H-pyrrole nitrogens is 1. The molecule has 0 aliphatic carbocycles. The maximum Gasteiger partial charge on any atom is 0.407 e. The van der Waals surface area contributed by atoms with Crippen LogP contribution < -0.4 is 26.6 Å². The number of alkyl carbamates (subject to hydrolysis) is 1. The van der Waals surface area contributed by atoms with Gasteiger partial charge in [-0.05, 0) is 39.8 Å². The van der Waals surface area contributed by atoms with Crippen LogP contribution in [0.25, 0.3) is 0 Å². The van der Waals surface area contributed by atoms with Crippen molar-refractivity contribution in [3.8, 4) is 5.75 Å². The quantitative estimate of drug-likeness (QED) is 0.291. The van der Waals surface area contributed by atoms with E-state index in [1.807, 2.05) is 0 Å². The lowest BCUT2D eigenvalue weighted by Gasteiger charge is -2.24. The van der Waals surface area contributed by atoms with E-state index in [0.29, 0.717) is 0 Å². The first-order valence-corrected chi connectivity index (χ1v) is 11.4. The van der Waals surface area contributed by atoms with E-state index in [1.54, 1.807) is 20.8 Å². The zero-order chi connectivity index (χ0) is 28.6. The summed E-state index contributed by atoms with van der Waals surface area (Å²) in [5, 5.41) is 16.3. The van der Waals surface area contributed by atoms with Gasteiger partial charge in [-0.3, -0.25) is 34.0 Å². The second kappa shape index (κ2) is 12.5. The molecule has 0 radical (unpaired) electrons. The van der Waals surface area contributed by atoms with Gasteiger partial charge in [0.15, 0.2) is 0 Å². The van der Waals surface area contributed by atoms with Gasteiger partial charge in [0.25, 0.3) is 11.2 Å². The van der Waals surface area contributed by atoms with E-state index < -0.39 is 58.5 Å². The van der Waals surface area contributed by atoms with Crippen LogP contribution in [0.5, 0.6) is 5.75 Å². The summed E-state index contributed by atoms with van der Waals surface area (Å²) in [7, 11) is 1.33. The van der Waals surface area contributed by atoms with Gasteiger partial charge < -0.3 is 25.0 Å². The van der Waals surface area contributed by atoms with Crippen LogP contribution in [0.1, 0.15) is 26.3 Å². The maximum atomic E-state index is 13.0. The number of nitrogens with one attached hydrogen (secondary N) is 3. The number of aromatic nitrogens is 2. The number of amides is 3. The molecule has 3 amide bonds. The van der Waals surface area contributed by atoms with E-state index in [0.717, 1.165) is 15.5 Å². The molecule has 1 aromatic carbocycles. The lowest BCUT2D eigenvalue weighted by molar-refractivity contribution is -0.384. The lowest BCUT2D eigenvalue weighted by Crippen LogP contribution is -2.46. The van der Waals surface area contributed by atoms with Gasteiger partial charge in [0.1, 0.15) is 23.6 Å². The predicted molar refractivity (Wildman–Crippen MR) is 135 cm³/mol. The fourth-order valence-electron chi connectivity index (χ4n) is 3.14. The second-order valence-corrected chi connectivity index (χ2v) is 9.13. The molecule has 15 heteroatoms. The van der Waals surface area contributed by atoms with Crippen molar-refractivity contribution < 1.29 is 28.8 Å². The number of nitrogens with zero attached hydrogens (tertiary/aromatic N) is 3. The summed E-state index contributed by atoms with van der Waals surface area (Å²) in [5.41, 5.74) is -2.52. The van der Waals surface area contributed by atoms with E-state index in [4.69, 9.17) is 9.47 Å². The Kier molecular flexibility index (Phi) is 9.73.